The Bertz CT molecular complexity index is 1240. The standard InChI is InChI=1S/C24H18Cl2N2O4/c1-13-11-17(23(32-2)18(26)12-13)21(29)19-20(14-7-9-27-10-8-14)28(24(31)22(19)30)16-5-3-15(25)4-6-16/h3-12,20,29H,1-2H3/b21-19+. The lowest BCUT2D eigenvalue weighted by molar-refractivity contribution is -0.132. The van der Waals surface area contributed by atoms with Crippen molar-refractivity contribution in [1.29, 1.82) is 0 Å². The quantitative estimate of drug-likeness (QED) is 0.317. The molecular formula is C24H18Cl2N2O4. The third-order valence-corrected chi connectivity index (χ3v) is 5.75. The normalized spacial score (nSPS) is 17.6. The smallest absolute Gasteiger partial charge is 0.300 e. The van der Waals surface area contributed by atoms with Gasteiger partial charge in [-0.15, -0.1) is 0 Å². The first-order valence-electron chi connectivity index (χ1n) is 9.64. The molecule has 4 rings (SSSR count). The molecule has 1 aromatic heterocycles. The van der Waals surface area contributed by atoms with Crippen molar-refractivity contribution in [2.75, 3.05) is 12.0 Å². The molecule has 0 bridgehead atoms. The molecule has 1 atom stereocenters. The molecule has 0 spiro atoms. The molecule has 32 heavy (non-hydrogen) atoms. The Morgan fingerprint density at radius 3 is 2.34 bits per heavy atom. The van der Waals surface area contributed by atoms with Crippen LogP contribution < -0.4 is 9.64 Å². The average molecular weight is 469 g/mol. The molecule has 1 fully saturated rings. The summed E-state index contributed by atoms with van der Waals surface area (Å²) in [6.45, 7) is 1.80. The third-order valence-electron chi connectivity index (χ3n) is 5.22. The number of aliphatic hydroxyl groups excluding tert-OH is 1. The van der Waals surface area contributed by atoms with Gasteiger partial charge >= 0.3 is 0 Å². The van der Waals surface area contributed by atoms with Gasteiger partial charge in [0, 0.05) is 23.1 Å². The van der Waals surface area contributed by atoms with Crippen molar-refractivity contribution in [2.24, 2.45) is 0 Å². The highest BCUT2D eigenvalue weighted by atomic mass is 35.5. The summed E-state index contributed by atoms with van der Waals surface area (Å²) in [7, 11) is 1.42. The van der Waals surface area contributed by atoms with E-state index in [1.807, 2.05) is 0 Å². The van der Waals surface area contributed by atoms with Gasteiger partial charge in [-0.2, -0.15) is 0 Å². The Morgan fingerprint density at radius 1 is 1.06 bits per heavy atom. The number of hydrogen-bond acceptors (Lipinski definition) is 5. The van der Waals surface area contributed by atoms with E-state index < -0.39 is 17.7 Å². The van der Waals surface area contributed by atoms with E-state index in [4.69, 9.17) is 27.9 Å². The number of aliphatic hydroxyl groups is 1. The van der Waals surface area contributed by atoms with Gasteiger partial charge in [-0.1, -0.05) is 23.2 Å². The van der Waals surface area contributed by atoms with Gasteiger partial charge in [0.2, 0.25) is 0 Å². The summed E-state index contributed by atoms with van der Waals surface area (Å²) >= 11 is 12.3. The summed E-state index contributed by atoms with van der Waals surface area (Å²) < 4.78 is 5.38. The van der Waals surface area contributed by atoms with Crippen LogP contribution in [-0.2, 0) is 9.59 Å². The van der Waals surface area contributed by atoms with Crippen LogP contribution in [0.2, 0.25) is 10.0 Å². The van der Waals surface area contributed by atoms with Crippen LogP contribution in [-0.4, -0.2) is 28.9 Å². The number of pyridine rings is 1. The summed E-state index contributed by atoms with van der Waals surface area (Å²) in [6.07, 6.45) is 3.11. The summed E-state index contributed by atoms with van der Waals surface area (Å²) in [4.78, 5) is 31.7. The number of Topliss-reactive ketones (excluding diaryl/α,β-unsaturated/α-hetero) is 1. The van der Waals surface area contributed by atoms with Crippen molar-refractivity contribution in [1.82, 2.24) is 4.98 Å². The third kappa shape index (κ3) is 3.72. The number of benzene rings is 2. The minimum absolute atomic E-state index is 0.0730. The van der Waals surface area contributed by atoms with Crippen LogP contribution >= 0.6 is 23.2 Å². The van der Waals surface area contributed by atoms with Crippen LogP contribution in [0.4, 0.5) is 5.69 Å². The lowest BCUT2D eigenvalue weighted by Crippen LogP contribution is -2.29. The van der Waals surface area contributed by atoms with Crippen LogP contribution in [0.5, 0.6) is 5.75 Å². The van der Waals surface area contributed by atoms with Gasteiger partial charge in [0.05, 0.1) is 29.3 Å². The fourth-order valence-electron chi connectivity index (χ4n) is 3.82. The van der Waals surface area contributed by atoms with Crippen LogP contribution in [0.3, 0.4) is 0 Å². The minimum Gasteiger partial charge on any atom is -0.507 e. The SMILES string of the molecule is COc1c(Cl)cc(C)cc1/C(O)=C1\C(=O)C(=O)N(c2ccc(Cl)cc2)C1c1ccncc1. The highest BCUT2D eigenvalue weighted by molar-refractivity contribution is 6.51. The Labute approximate surface area is 194 Å². The number of amides is 1. The summed E-state index contributed by atoms with van der Waals surface area (Å²) in [5.41, 5.74) is 1.98. The molecule has 1 aliphatic heterocycles. The van der Waals surface area contributed by atoms with Crippen molar-refractivity contribution in [3.8, 4) is 5.75 Å². The van der Waals surface area contributed by atoms with E-state index in [0.29, 0.717) is 16.3 Å². The second-order valence-corrected chi connectivity index (χ2v) is 8.10. The Morgan fingerprint density at radius 2 is 1.72 bits per heavy atom. The van der Waals surface area contributed by atoms with Crippen LogP contribution in [0.25, 0.3) is 5.76 Å². The first-order valence-corrected chi connectivity index (χ1v) is 10.4. The van der Waals surface area contributed by atoms with Gasteiger partial charge in [-0.3, -0.25) is 19.5 Å². The number of carbonyl (C=O) groups is 2. The van der Waals surface area contributed by atoms with Crippen LogP contribution in [0, 0.1) is 6.92 Å². The molecule has 2 aromatic carbocycles. The van der Waals surface area contributed by atoms with E-state index >= 15 is 0 Å². The predicted molar refractivity (Wildman–Crippen MR) is 123 cm³/mol. The number of methoxy groups -OCH3 is 1. The molecule has 162 valence electrons. The van der Waals surface area contributed by atoms with Crippen LogP contribution in [0.1, 0.15) is 22.7 Å². The molecule has 8 heteroatoms. The molecule has 0 radical (unpaired) electrons. The number of aryl methyl sites for hydroxylation is 1. The highest BCUT2D eigenvalue weighted by Gasteiger charge is 2.47. The number of carbonyl (C=O) groups excluding carboxylic acids is 2. The molecule has 1 amide bonds. The van der Waals surface area contributed by atoms with Gasteiger partial charge in [-0.05, 0) is 66.6 Å². The van der Waals surface area contributed by atoms with Gasteiger partial charge in [-0.25, -0.2) is 0 Å². The topological polar surface area (TPSA) is 79.7 Å². The number of anilines is 1. The molecule has 0 saturated carbocycles. The van der Waals surface area contributed by atoms with E-state index in [1.165, 1.54) is 12.0 Å². The zero-order chi connectivity index (χ0) is 23.0. The van der Waals surface area contributed by atoms with Crippen molar-refractivity contribution >= 4 is 46.3 Å². The summed E-state index contributed by atoms with van der Waals surface area (Å²) in [5.74, 6) is -1.75. The summed E-state index contributed by atoms with van der Waals surface area (Å²) in [5, 5.41) is 12.1. The molecule has 2 heterocycles. The second kappa shape index (κ2) is 8.65. The number of ketones is 1. The van der Waals surface area contributed by atoms with E-state index in [-0.39, 0.29) is 27.7 Å². The molecule has 1 saturated heterocycles. The average Bonchev–Trinajstić information content (AvgIpc) is 3.04. The molecule has 1 aliphatic rings. The molecule has 0 aliphatic carbocycles. The van der Waals surface area contributed by atoms with E-state index in [2.05, 4.69) is 4.98 Å². The lowest BCUT2D eigenvalue weighted by atomic mass is 9.95. The van der Waals surface area contributed by atoms with E-state index in [0.717, 1.165) is 5.56 Å². The van der Waals surface area contributed by atoms with Gasteiger partial charge in [0.15, 0.2) is 0 Å². The zero-order valence-electron chi connectivity index (χ0n) is 17.2. The fraction of sp³-hybridized carbons (Fsp3) is 0.125. The maximum Gasteiger partial charge on any atom is 0.300 e. The lowest BCUT2D eigenvalue weighted by Gasteiger charge is -2.25. The number of rotatable bonds is 4. The molecular weight excluding hydrogens is 451 g/mol. The van der Waals surface area contributed by atoms with E-state index in [1.54, 1.807) is 67.8 Å². The number of hydrogen-bond donors (Lipinski definition) is 1. The molecule has 3 aromatic rings. The first kappa shape index (κ1) is 21.9. The number of nitrogens with zero attached hydrogens (tertiary/aromatic N) is 2. The maximum absolute atomic E-state index is 13.2. The molecule has 1 unspecified atom stereocenters. The van der Waals surface area contributed by atoms with Gasteiger partial charge < -0.3 is 9.84 Å². The largest absolute Gasteiger partial charge is 0.507 e. The summed E-state index contributed by atoms with van der Waals surface area (Å²) in [6, 6.07) is 12.4. The minimum atomic E-state index is -0.886. The van der Waals surface area contributed by atoms with Crippen molar-refractivity contribution in [3.05, 3.63) is 93.2 Å². The van der Waals surface area contributed by atoms with Crippen LogP contribution in [0.15, 0.2) is 66.5 Å². The molecule has 1 N–H and O–H groups in total. The highest BCUT2D eigenvalue weighted by Crippen LogP contribution is 2.44. The van der Waals surface area contributed by atoms with Gasteiger partial charge in [0.25, 0.3) is 11.7 Å². The predicted octanol–water partition coefficient (Wildman–Crippen LogP) is 5.33. The number of ether oxygens (including phenoxy) is 1. The zero-order valence-corrected chi connectivity index (χ0v) is 18.7. The van der Waals surface area contributed by atoms with Crippen molar-refractivity contribution < 1.29 is 19.4 Å². The maximum atomic E-state index is 13.2. The molecule has 6 nitrogen and oxygen atoms in total. The monoisotopic (exact) mass is 468 g/mol. The van der Waals surface area contributed by atoms with Gasteiger partial charge in [0.1, 0.15) is 11.5 Å². The first-order chi connectivity index (χ1) is 15.3. The second-order valence-electron chi connectivity index (χ2n) is 7.25. The van der Waals surface area contributed by atoms with Crippen molar-refractivity contribution in [3.63, 3.8) is 0 Å². The Kier molecular flexibility index (Phi) is 5.91. The van der Waals surface area contributed by atoms with Crippen molar-refractivity contribution in [2.45, 2.75) is 13.0 Å². The number of halogens is 2. The number of aromatic nitrogens is 1. The fourth-order valence-corrected chi connectivity index (χ4v) is 4.30. The van der Waals surface area contributed by atoms with E-state index in [9.17, 15) is 14.7 Å². The Hall–Kier alpha value is -3.35. The Balaban J connectivity index is 1.99.